The van der Waals surface area contributed by atoms with E-state index < -0.39 is 0 Å². The van der Waals surface area contributed by atoms with Crippen LogP contribution in [0.25, 0.3) is 80.7 Å². The first-order chi connectivity index (χ1) is 28.2. The third-order valence-corrected chi connectivity index (χ3v) is 12.5. The summed E-state index contributed by atoms with van der Waals surface area (Å²) in [5, 5.41) is 10.8. The summed E-state index contributed by atoms with van der Waals surface area (Å²) in [6.45, 7) is 0. The highest BCUT2D eigenvalue weighted by Crippen LogP contribution is 2.45. The minimum atomic E-state index is -0.270. The Hall–Kier alpha value is -7.28. The first-order valence-corrected chi connectivity index (χ1v) is 20.0. The molecule has 268 valence electrons. The van der Waals surface area contributed by atoms with E-state index in [2.05, 4.69) is 155 Å². The number of thiophene rings is 1. The molecule has 1 aliphatic heterocycles. The third-order valence-electron chi connectivity index (χ3n) is 11.3. The number of nitrogens with zero attached hydrogens (tertiary/aromatic N) is 3. The maximum Gasteiger partial charge on any atom is 0.159 e. The van der Waals surface area contributed by atoms with Crippen molar-refractivity contribution in [2.24, 2.45) is 9.98 Å². The summed E-state index contributed by atoms with van der Waals surface area (Å²) in [4.78, 5) is 10.1. The van der Waals surface area contributed by atoms with Gasteiger partial charge in [-0.1, -0.05) is 127 Å². The lowest BCUT2D eigenvalue weighted by Gasteiger charge is -2.23. The summed E-state index contributed by atoms with van der Waals surface area (Å²) in [6.07, 6.45) is -0.270. The van der Waals surface area contributed by atoms with Crippen LogP contribution in [-0.4, -0.2) is 16.2 Å². The van der Waals surface area contributed by atoms with Crippen molar-refractivity contribution in [1.82, 2.24) is 9.88 Å². The summed E-state index contributed by atoms with van der Waals surface area (Å²) < 4.78 is 11.4. The minimum absolute atomic E-state index is 0.270. The Kier molecular flexibility index (Phi) is 7.09. The summed E-state index contributed by atoms with van der Waals surface area (Å²) in [6, 6.07) is 64.4. The molecular formula is C51H32N4OS. The van der Waals surface area contributed by atoms with Crippen molar-refractivity contribution in [1.29, 1.82) is 0 Å². The number of rotatable bonds is 5. The van der Waals surface area contributed by atoms with Crippen LogP contribution >= 0.6 is 11.3 Å². The van der Waals surface area contributed by atoms with E-state index in [-0.39, 0.29) is 6.17 Å². The van der Waals surface area contributed by atoms with Crippen LogP contribution in [-0.2, 0) is 0 Å². The Balaban J connectivity index is 0.999. The number of aromatic nitrogens is 1. The van der Waals surface area contributed by atoms with Gasteiger partial charge in [-0.2, -0.15) is 0 Å². The summed E-state index contributed by atoms with van der Waals surface area (Å²) in [5.74, 6) is 1.48. The molecule has 1 N–H and O–H groups in total. The van der Waals surface area contributed by atoms with Gasteiger partial charge in [0.15, 0.2) is 5.84 Å². The van der Waals surface area contributed by atoms with Crippen LogP contribution in [0, 0.1) is 0 Å². The molecule has 0 amide bonds. The van der Waals surface area contributed by atoms with E-state index in [4.69, 9.17) is 14.4 Å². The average Bonchev–Trinajstić information content (AvgIpc) is 3.96. The fraction of sp³-hybridized carbons (Fsp3) is 0.0196. The fourth-order valence-corrected chi connectivity index (χ4v) is 9.87. The van der Waals surface area contributed by atoms with Crippen molar-refractivity contribution < 1.29 is 4.42 Å². The number of hydrogen-bond donors (Lipinski definition) is 1. The van der Waals surface area contributed by atoms with Crippen LogP contribution in [0.2, 0.25) is 0 Å². The van der Waals surface area contributed by atoms with E-state index >= 15 is 0 Å². The molecule has 0 saturated heterocycles. The van der Waals surface area contributed by atoms with E-state index in [1.54, 1.807) is 0 Å². The van der Waals surface area contributed by atoms with Gasteiger partial charge < -0.3 is 14.3 Å². The van der Waals surface area contributed by atoms with Crippen molar-refractivity contribution in [3.05, 3.63) is 199 Å². The molecule has 1 aliphatic rings. The number of benzene rings is 8. The zero-order valence-electron chi connectivity index (χ0n) is 30.6. The number of furan rings is 1. The quantitative estimate of drug-likeness (QED) is 0.191. The standard InChI is InChI=1S/C51H32N4OS/c1-3-13-31(14-4-1)49-52-50(32-15-5-2-6-16-32)54-51(53-49)34-26-28-45-40(30-34)39-29-33(25-27-44(39)56-45)35-19-12-24-46-47(35)38-20-11-23-43(48(38)57-46)55-41-21-9-7-17-36(41)37-18-8-10-22-42(37)55/h1-30,49H,(H,52,53,54). The molecule has 0 radical (unpaired) electrons. The summed E-state index contributed by atoms with van der Waals surface area (Å²) in [7, 11) is 0. The largest absolute Gasteiger partial charge is 0.456 e. The van der Waals surface area contributed by atoms with Gasteiger partial charge in [-0.3, -0.25) is 0 Å². The maximum absolute atomic E-state index is 6.45. The number of nitrogens with one attached hydrogen (secondary N) is 1. The minimum Gasteiger partial charge on any atom is -0.456 e. The predicted octanol–water partition coefficient (Wildman–Crippen LogP) is 13.2. The molecule has 3 aromatic heterocycles. The Bertz CT molecular complexity index is 3390. The Labute approximate surface area is 331 Å². The molecule has 8 aromatic carbocycles. The Morgan fingerprint density at radius 2 is 1.16 bits per heavy atom. The van der Waals surface area contributed by atoms with Crippen LogP contribution in [0.15, 0.2) is 196 Å². The molecule has 57 heavy (non-hydrogen) atoms. The SMILES string of the molecule is c1ccc(C2=NC(c3ccccc3)NC(c3ccc4oc5ccc(-c6cccc7sc8c(-n9c%10ccccc%10c%10ccccc%109)cccc8c67)cc5c4c3)=N2)cc1. The van der Waals surface area contributed by atoms with Gasteiger partial charge in [0.1, 0.15) is 23.2 Å². The van der Waals surface area contributed by atoms with Gasteiger partial charge >= 0.3 is 0 Å². The van der Waals surface area contributed by atoms with Gasteiger partial charge in [-0.05, 0) is 71.3 Å². The Morgan fingerprint density at radius 1 is 0.526 bits per heavy atom. The smallest absolute Gasteiger partial charge is 0.159 e. The lowest BCUT2D eigenvalue weighted by atomic mass is 9.97. The second-order valence-corrected chi connectivity index (χ2v) is 15.6. The number of amidine groups is 2. The van der Waals surface area contributed by atoms with Gasteiger partial charge in [0.05, 0.1) is 21.4 Å². The van der Waals surface area contributed by atoms with Gasteiger partial charge in [0, 0.05) is 48.1 Å². The van der Waals surface area contributed by atoms with E-state index in [1.165, 1.54) is 53.2 Å². The molecule has 6 heteroatoms. The van der Waals surface area contributed by atoms with Gasteiger partial charge in [0.2, 0.25) is 0 Å². The monoisotopic (exact) mass is 748 g/mol. The normalized spacial score (nSPS) is 14.5. The van der Waals surface area contributed by atoms with Crippen LogP contribution in [0.3, 0.4) is 0 Å². The fourth-order valence-electron chi connectivity index (χ4n) is 8.64. The predicted molar refractivity (Wildman–Crippen MR) is 238 cm³/mol. The van der Waals surface area contributed by atoms with Crippen molar-refractivity contribution in [3.8, 4) is 16.8 Å². The van der Waals surface area contributed by atoms with Gasteiger partial charge in [-0.25, -0.2) is 9.98 Å². The molecule has 0 aliphatic carbocycles. The molecule has 1 atom stereocenters. The number of hydrogen-bond acceptors (Lipinski definition) is 5. The van der Waals surface area contributed by atoms with Crippen molar-refractivity contribution in [2.45, 2.75) is 6.17 Å². The van der Waals surface area contributed by atoms with E-state index in [9.17, 15) is 0 Å². The molecule has 12 rings (SSSR count). The molecule has 0 saturated carbocycles. The van der Waals surface area contributed by atoms with Crippen LogP contribution in [0.5, 0.6) is 0 Å². The highest BCUT2D eigenvalue weighted by Gasteiger charge is 2.23. The first-order valence-electron chi connectivity index (χ1n) is 19.2. The van der Waals surface area contributed by atoms with Crippen LogP contribution in [0.1, 0.15) is 22.9 Å². The molecule has 0 bridgehead atoms. The van der Waals surface area contributed by atoms with Crippen molar-refractivity contribution >= 4 is 86.9 Å². The molecule has 1 unspecified atom stereocenters. The number of para-hydroxylation sites is 2. The zero-order chi connectivity index (χ0) is 37.5. The second kappa shape index (κ2) is 12.6. The van der Waals surface area contributed by atoms with Crippen molar-refractivity contribution in [2.75, 3.05) is 0 Å². The van der Waals surface area contributed by atoms with E-state index in [0.717, 1.165) is 50.0 Å². The molecule has 4 heterocycles. The van der Waals surface area contributed by atoms with Crippen LogP contribution < -0.4 is 5.32 Å². The van der Waals surface area contributed by atoms with Crippen molar-refractivity contribution in [3.63, 3.8) is 0 Å². The number of aliphatic imine (C=N–C) groups is 2. The van der Waals surface area contributed by atoms with E-state index in [1.807, 2.05) is 47.7 Å². The lowest BCUT2D eigenvalue weighted by Crippen LogP contribution is -2.33. The van der Waals surface area contributed by atoms with Gasteiger partial charge in [0.25, 0.3) is 0 Å². The molecule has 0 spiro atoms. The Morgan fingerprint density at radius 3 is 1.91 bits per heavy atom. The summed E-state index contributed by atoms with van der Waals surface area (Å²) in [5.41, 5.74) is 10.7. The topological polar surface area (TPSA) is 54.8 Å². The highest BCUT2D eigenvalue weighted by atomic mass is 32.1. The maximum atomic E-state index is 6.45. The molecule has 11 aromatic rings. The number of fused-ring (bicyclic) bond motifs is 9. The lowest BCUT2D eigenvalue weighted by molar-refractivity contribution is 0.668. The molecular weight excluding hydrogens is 717 g/mol. The first kappa shape index (κ1) is 32.0. The average molecular weight is 749 g/mol. The van der Waals surface area contributed by atoms with Gasteiger partial charge in [-0.15, -0.1) is 11.3 Å². The second-order valence-electron chi connectivity index (χ2n) is 14.6. The molecule has 5 nitrogen and oxygen atoms in total. The zero-order valence-corrected chi connectivity index (χ0v) is 31.4. The van der Waals surface area contributed by atoms with E-state index in [0.29, 0.717) is 5.84 Å². The third kappa shape index (κ3) is 5.08. The summed E-state index contributed by atoms with van der Waals surface area (Å²) >= 11 is 1.87. The highest BCUT2D eigenvalue weighted by molar-refractivity contribution is 7.26. The van der Waals surface area contributed by atoms with Crippen LogP contribution in [0.4, 0.5) is 0 Å². The molecule has 0 fully saturated rings.